The van der Waals surface area contributed by atoms with E-state index in [-0.39, 0.29) is 10.6 Å². The standard InChI is InChI=1S/C10H14N2O6S2/c1-7-2-3-8(20(11,17)18)6-9(7)12-19(15,16)5-4-10(13)14/h2-3,6,12H,4-5H2,1H3,(H,13,14)(H2,11,17,18). The number of aryl methyl sites for hydroxylation is 1. The summed E-state index contributed by atoms with van der Waals surface area (Å²) in [4.78, 5) is 10.1. The lowest BCUT2D eigenvalue weighted by molar-refractivity contribution is -0.136. The average Bonchev–Trinajstić information content (AvgIpc) is 2.28. The molecule has 0 saturated heterocycles. The summed E-state index contributed by atoms with van der Waals surface area (Å²) in [6.07, 6.45) is -0.552. The van der Waals surface area contributed by atoms with Crippen LogP contribution in [0.15, 0.2) is 23.1 Å². The Morgan fingerprint density at radius 2 is 1.90 bits per heavy atom. The molecule has 0 aliphatic heterocycles. The van der Waals surface area contributed by atoms with Gasteiger partial charge in [0.05, 0.1) is 22.8 Å². The first-order valence-electron chi connectivity index (χ1n) is 5.37. The zero-order valence-corrected chi connectivity index (χ0v) is 12.2. The van der Waals surface area contributed by atoms with Crippen molar-refractivity contribution in [3.05, 3.63) is 23.8 Å². The molecule has 0 bridgehead atoms. The Hall–Kier alpha value is -1.65. The largest absolute Gasteiger partial charge is 0.481 e. The number of carboxylic acids is 1. The fraction of sp³-hybridized carbons (Fsp3) is 0.300. The molecule has 0 amide bonds. The third-order valence-corrected chi connectivity index (χ3v) is 4.57. The molecule has 0 radical (unpaired) electrons. The van der Waals surface area contributed by atoms with E-state index < -0.39 is 38.2 Å². The second-order valence-electron chi connectivity index (χ2n) is 4.09. The van der Waals surface area contributed by atoms with Crippen LogP contribution in [-0.4, -0.2) is 33.7 Å². The number of hydrogen-bond acceptors (Lipinski definition) is 5. The van der Waals surface area contributed by atoms with Crippen molar-refractivity contribution in [1.82, 2.24) is 0 Å². The molecule has 1 aromatic carbocycles. The summed E-state index contributed by atoms with van der Waals surface area (Å²) in [6, 6.07) is 3.73. The van der Waals surface area contributed by atoms with E-state index in [2.05, 4.69) is 4.72 Å². The minimum Gasteiger partial charge on any atom is -0.481 e. The number of carboxylic acid groups (broad SMARTS) is 1. The molecule has 0 atom stereocenters. The molecule has 10 heteroatoms. The van der Waals surface area contributed by atoms with E-state index in [1.807, 2.05) is 0 Å². The third-order valence-electron chi connectivity index (χ3n) is 2.39. The maximum atomic E-state index is 11.7. The summed E-state index contributed by atoms with van der Waals surface area (Å²) in [5.74, 6) is -1.85. The van der Waals surface area contributed by atoms with Crippen molar-refractivity contribution < 1.29 is 26.7 Å². The predicted octanol–water partition coefficient (Wildman–Crippen LogP) is -0.141. The number of carbonyl (C=O) groups is 1. The monoisotopic (exact) mass is 322 g/mol. The van der Waals surface area contributed by atoms with Gasteiger partial charge in [-0.15, -0.1) is 0 Å². The highest BCUT2D eigenvalue weighted by molar-refractivity contribution is 7.92. The van der Waals surface area contributed by atoms with Gasteiger partial charge in [-0.3, -0.25) is 9.52 Å². The minimum atomic E-state index is -3.95. The molecule has 0 spiro atoms. The maximum Gasteiger partial charge on any atom is 0.304 e. The molecule has 0 aliphatic carbocycles. The lowest BCUT2D eigenvalue weighted by atomic mass is 10.2. The molecule has 20 heavy (non-hydrogen) atoms. The predicted molar refractivity (Wildman–Crippen MR) is 72.2 cm³/mol. The van der Waals surface area contributed by atoms with Crippen LogP contribution in [0, 0.1) is 6.92 Å². The van der Waals surface area contributed by atoms with E-state index in [4.69, 9.17) is 10.2 Å². The fourth-order valence-corrected chi connectivity index (χ4v) is 2.97. The van der Waals surface area contributed by atoms with Gasteiger partial charge >= 0.3 is 5.97 Å². The highest BCUT2D eigenvalue weighted by Gasteiger charge is 2.16. The first kappa shape index (κ1) is 16.4. The maximum absolute atomic E-state index is 11.7. The minimum absolute atomic E-state index is 0.0434. The Kier molecular flexibility index (Phi) is 4.73. The van der Waals surface area contributed by atoms with Crippen molar-refractivity contribution in [3.63, 3.8) is 0 Å². The zero-order chi connectivity index (χ0) is 15.6. The summed E-state index contributed by atoms with van der Waals surface area (Å²) in [6.45, 7) is 1.57. The average molecular weight is 322 g/mol. The molecule has 0 saturated carbocycles. The van der Waals surface area contributed by atoms with Gasteiger partial charge in [0, 0.05) is 0 Å². The molecular formula is C10H14N2O6S2. The van der Waals surface area contributed by atoms with Crippen LogP contribution in [0.4, 0.5) is 5.69 Å². The Balaban J connectivity index is 3.06. The van der Waals surface area contributed by atoms with Crippen molar-refractivity contribution in [1.29, 1.82) is 0 Å². The Labute approximate surface area is 116 Å². The molecule has 112 valence electrons. The molecule has 0 fully saturated rings. The van der Waals surface area contributed by atoms with E-state index in [1.54, 1.807) is 6.92 Å². The van der Waals surface area contributed by atoms with E-state index >= 15 is 0 Å². The van der Waals surface area contributed by atoms with Crippen molar-refractivity contribution in [3.8, 4) is 0 Å². The van der Waals surface area contributed by atoms with Crippen LogP contribution in [0.1, 0.15) is 12.0 Å². The second-order valence-corrected chi connectivity index (χ2v) is 7.49. The number of anilines is 1. The Morgan fingerprint density at radius 1 is 1.30 bits per heavy atom. The van der Waals surface area contributed by atoms with Crippen molar-refractivity contribution in [2.75, 3.05) is 10.5 Å². The quantitative estimate of drug-likeness (QED) is 0.665. The van der Waals surface area contributed by atoms with Crippen LogP contribution >= 0.6 is 0 Å². The number of sulfonamides is 2. The second kappa shape index (κ2) is 5.77. The third kappa shape index (κ3) is 4.79. The van der Waals surface area contributed by atoms with Gasteiger partial charge in [-0.1, -0.05) is 6.07 Å². The van der Waals surface area contributed by atoms with Gasteiger partial charge in [-0.05, 0) is 24.6 Å². The Morgan fingerprint density at radius 3 is 2.40 bits per heavy atom. The van der Waals surface area contributed by atoms with Gasteiger partial charge < -0.3 is 5.11 Å². The molecule has 0 aliphatic rings. The number of rotatable bonds is 6. The molecular weight excluding hydrogens is 308 g/mol. The highest BCUT2D eigenvalue weighted by atomic mass is 32.2. The molecule has 1 aromatic rings. The van der Waals surface area contributed by atoms with Crippen molar-refractivity contribution in [2.24, 2.45) is 5.14 Å². The van der Waals surface area contributed by atoms with Crippen LogP contribution in [-0.2, 0) is 24.8 Å². The highest BCUT2D eigenvalue weighted by Crippen LogP contribution is 2.20. The van der Waals surface area contributed by atoms with Crippen LogP contribution in [0.5, 0.6) is 0 Å². The van der Waals surface area contributed by atoms with Gasteiger partial charge in [0.2, 0.25) is 20.0 Å². The smallest absolute Gasteiger partial charge is 0.304 e. The number of nitrogens with two attached hydrogens (primary N) is 1. The lowest BCUT2D eigenvalue weighted by Gasteiger charge is -2.11. The summed E-state index contributed by atoms with van der Waals surface area (Å²) in [7, 11) is -7.83. The molecule has 0 unspecified atom stereocenters. The Bertz CT molecular complexity index is 724. The number of hydrogen-bond donors (Lipinski definition) is 3. The number of primary sulfonamides is 1. The summed E-state index contributed by atoms with van der Waals surface area (Å²) in [5.41, 5.74) is 0.526. The first-order valence-corrected chi connectivity index (χ1v) is 8.57. The van der Waals surface area contributed by atoms with Gasteiger partial charge in [0.25, 0.3) is 0 Å². The topological polar surface area (TPSA) is 144 Å². The van der Waals surface area contributed by atoms with E-state index in [9.17, 15) is 21.6 Å². The molecule has 0 heterocycles. The molecule has 8 nitrogen and oxygen atoms in total. The normalized spacial score (nSPS) is 12.1. The fourth-order valence-electron chi connectivity index (χ4n) is 1.33. The number of nitrogens with one attached hydrogen (secondary N) is 1. The van der Waals surface area contributed by atoms with E-state index in [0.29, 0.717) is 5.56 Å². The summed E-state index contributed by atoms with van der Waals surface area (Å²) < 4.78 is 47.9. The molecule has 4 N–H and O–H groups in total. The number of aliphatic carboxylic acids is 1. The van der Waals surface area contributed by atoms with Gasteiger partial charge in [0.1, 0.15) is 0 Å². The zero-order valence-electron chi connectivity index (χ0n) is 10.5. The van der Waals surface area contributed by atoms with Crippen LogP contribution < -0.4 is 9.86 Å². The molecule has 1 rings (SSSR count). The van der Waals surface area contributed by atoms with Crippen molar-refractivity contribution >= 4 is 31.7 Å². The van der Waals surface area contributed by atoms with E-state index in [1.165, 1.54) is 12.1 Å². The van der Waals surface area contributed by atoms with Crippen molar-refractivity contribution in [2.45, 2.75) is 18.2 Å². The van der Waals surface area contributed by atoms with E-state index in [0.717, 1.165) is 6.07 Å². The summed E-state index contributed by atoms with van der Waals surface area (Å²) >= 11 is 0. The molecule has 0 aromatic heterocycles. The van der Waals surface area contributed by atoms with Gasteiger partial charge in [0.15, 0.2) is 0 Å². The van der Waals surface area contributed by atoms with Crippen LogP contribution in [0.3, 0.4) is 0 Å². The SMILES string of the molecule is Cc1ccc(S(N)(=O)=O)cc1NS(=O)(=O)CCC(=O)O. The summed E-state index contributed by atoms with van der Waals surface area (Å²) in [5, 5.41) is 13.4. The first-order chi connectivity index (χ1) is 9.01. The van der Waals surface area contributed by atoms with Gasteiger partial charge in [-0.25, -0.2) is 22.0 Å². The van der Waals surface area contributed by atoms with Crippen LogP contribution in [0.25, 0.3) is 0 Å². The number of benzene rings is 1. The van der Waals surface area contributed by atoms with Gasteiger partial charge in [-0.2, -0.15) is 0 Å². The lowest BCUT2D eigenvalue weighted by Crippen LogP contribution is -2.20. The van der Waals surface area contributed by atoms with Crippen LogP contribution in [0.2, 0.25) is 0 Å².